The second-order valence-electron chi connectivity index (χ2n) is 9.34. The highest BCUT2D eigenvalue weighted by atomic mass is 16.2. The topological polar surface area (TPSA) is 88.0 Å². The summed E-state index contributed by atoms with van der Waals surface area (Å²) in [6.45, 7) is 10.8. The summed E-state index contributed by atoms with van der Waals surface area (Å²) in [5.74, 6) is 0.265. The summed E-state index contributed by atoms with van der Waals surface area (Å²) < 4.78 is 1.89. The zero-order valence-corrected chi connectivity index (χ0v) is 19.6. The number of aromatic nitrogens is 4. The molecule has 4 rings (SSSR count). The number of aryl methyl sites for hydroxylation is 2. The van der Waals surface area contributed by atoms with Crippen LogP contribution >= 0.6 is 0 Å². The van der Waals surface area contributed by atoms with Gasteiger partial charge in [-0.1, -0.05) is 45.4 Å². The molecule has 0 saturated carbocycles. The van der Waals surface area contributed by atoms with E-state index >= 15 is 0 Å². The number of H-pyrrole nitrogens is 1. The third-order valence-corrected chi connectivity index (χ3v) is 7.09. The number of hydrogen-bond acceptors (Lipinski definition) is 4. The first-order valence-electron chi connectivity index (χ1n) is 11.3. The van der Waals surface area contributed by atoms with Gasteiger partial charge in [-0.3, -0.25) is 9.89 Å². The van der Waals surface area contributed by atoms with Gasteiger partial charge in [0.25, 0.3) is 5.91 Å². The molecule has 1 aromatic carbocycles. The summed E-state index contributed by atoms with van der Waals surface area (Å²) in [4.78, 5) is 12.9. The Kier molecular flexibility index (Phi) is 6.00. The van der Waals surface area contributed by atoms with Crippen LogP contribution in [0.4, 0.5) is 0 Å². The van der Waals surface area contributed by atoms with Gasteiger partial charge < -0.3 is 0 Å². The predicted octanol–water partition coefficient (Wildman–Crippen LogP) is 4.52. The first kappa shape index (κ1) is 22.0. The highest BCUT2D eigenvalue weighted by molar-refractivity contribution is 5.95. The zero-order chi connectivity index (χ0) is 22.9. The Hall–Kier alpha value is -3.22. The number of para-hydroxylation sites is 1. The molecule has 3 aromatic rings. The predicted molar refractivity (Wildman–Crippen MR) is 126 cm³/mol. The molecule has 0 fully saturated rings. The molecule has 2 heterocycles. The molecule has 0 unspecified atom stereocenters. The summed E-state index contributed by atoms with van der Waals surface area (Å²) >= 11 is 0. The fourth-order valence-corrected chi connectivity index (χ4v) is 4.51. The van der Waals surface area contributed by atoms with Crippen molar-refractivity contribution in [3.05, 3.63) is 64.2 Å². The van der Waals surface area contributed by atoms with E-state index in [0.29, 0.717) is 11.6 Å². The maximum atomic E-state index is 12.9. The van der Waals surface area contributed by atoms with Gasteiger partial charge in [0.05, 0.1) is 23.3 Å². The number of fused-ring (bicyclic) bond motifs is 1. The van der Waals surface area contributed by atoms with Crippen molar-refractivity contribution in [1.82, 2.24) is 25.4 Å². The fourth-order valence-electron chi connectivity index (χ4n) is 4.51. The van der Waals surface area contributed by atoms with Gasteiger partial charge in [-0.2, -0.15) is 15.3 Å². The van der Waals surface area contributed by atoms with Crippen LogP contribution in [-0.4, -0.2) is 32.1 Å². The summed E-state index contributed by atoms with van der Waals surface area (Å²) in [7, 11) is 0. The lowest BCUT2D eigenvalue weighted by molar-refractivity contribution is 0.0947. The Bertz CT molecular complexity index is 1140. The van der Waals surface area contributed by atoms with E-state index in [9.17, 15) is 4.79 Å². The Morgan fingerprint density at radius 3 is 2.78 bits per heavy atom. The summed E-state index contributed by atoms with van der Waals surface area (Å²) in [6.07, 6.45) is 5.72. The van der Waals surface area contributed by atoms with Crippen LogP contribution in [0.2, 0.25) is 0 Å². The number of nitrogens with zero attached hydrogens (tertiary/aromatic N) is 4. The second-order valence-corrected chi connectivity index (χ2v) is 9.34. The van der Waals surface area contributed by atoms with E-state index in [2.05, 4.69) is 46.6 Å². The molecule has 0 radical (unpaired) electrons. The van der Waals surface area contributed by atoms with Gasteiger partial charge in [-0.05, 0) is 56.6 Å². The van der Waals surface area contributed by atoms with Crippen molar-refractivity contribution in [1.29, 1.82) is 0 Å². The summed E-state index contributed by atoms with van der Waals surface area (Å²) in [6, 6.07) is 9.96. The third kappa shape index (κ3) is 4.11. The standard InChI is InChI=1S/C25H32N6O/c1-6-25(4,5)18-12-13-22-20(14-18)23(28-27-22)24(32)29-26-15-21-16(2)30-31(17(21)3)19-10-8-7-9-11-19/h7-11,15,18H,6,12-14H2,1-5H3,(H,27,28)(H,29,32)/b26-15-/t18-/m1/s1. The van der Waals surface area contributed by atoms with Crippen molar-refractivity contribution >= 4 is 12.1 Å². The van der Waals surface area contributed by atoms with Crippen molar-refractivity contribution in [2.24, 2.45) is 16.4 Å². The van der Waals surface area contributed by atoms with Crippen LogP contribution in [0.3, 0.4) is 0 Å². The number of rotatable bonds is 6. The molecule has 7 heteroatoms. The van der Waals surface area contributed by atoms with Crippen LogP contribution in [0.15, 0.2) is 35.4 Å². The summed E-state index contributed by atoms with van der Waals surface area (Å²) in [5, 5.41) is 16.2. The van der Waals surface area contributed by atoms with E-state index in [1.807, 2.05) is 48.9 Å². The van der Waals surface area contributed by atoms with Gasteiger partial charge in [0.2, 0.25) is 0 Å². The van der Waals surface area contributed by atoms with Crippen LogP contribution in [0.5, 0.6) is 0 Å². The lowest BCUT2D eigenvalue weighted by atomic mass is 9.69. The van der Waals surface area contributed by atoms with Crippen molar-refractivity contribution in [3.8, 4) is 5.69 Å². The molecule has 1 atom stereocenters. The number of carbonyl (C=O) groups excluding carboxylic acids is 1. The first-order valence-corrected chi connectivity index (χ1v) is 11.3. The number of aromatic amines is 1. The highest BCUT2D eigenvalue weighted by Gasteiger charge is 2.34. The van der Waals surface area contributed by atoms with Crippen molar-refractivity contribution in [2.75, 3.05) is 0 Å². The van der Waals surface area contributed by atoms with E-state index < -0.39 is 0 Å². The minimum atomic E-state index is -0.278. The van der Waals surface area contributed by atoms with Crippen LogP contribution in [0, 0.1) is 25.2 Å². The largest absolute Gasteiger partial charge is 0.292 e. The zero-order valence-electron chi connectivity index (χ0n) is 19.6. The van der Waals surface area contributed by atoms with E-state index in [4.69, 9.17) is 0 Å². The molecule has 0 bridgehead atoms. The van der Waals surface area contributed by atoms with Gasteiger partial charge in [0.1, 0.15) is 0 Å². The number of amides is 1. The Labute approximate surface area is 189 Å². The Morgan fingerprint density at radius 2 is 2.06 bits per heavy atom. The molecular weight excluding hydrogens is 400 g/mol. The monoisotopic (exact) mass is 432 g/mol. The number of hydrazone groups is 1. The van der Waals surface area contributed by atoms with Gasteiger partial charge in [0, 0.05) is 16.8 Å². The second kappa shape index (κ2) is 8.73. The number of nitrogens with one attached hydrogen (secondary N) is 2. The quantitative estimate of drug-likeness (QED) is 0.443. The normalized spacial score (nSPS) is 16.3. The average molecular weight is 433 g/mol. The SMILES string of the molecule is CCC(C)(C)[C@@H]1CCc2[nH]nc(C(=O)N/N=C\c3c(C)nn(-c4ccccc4)c3C)c2C1. The number of benzene rings is 1. The van der Waals surface area contributed by atoms with Crippen LogP contribution in [0.25, 0.3) is 5.69 Å². The maximum Gasteiger partial charge on any atom is 0.292 e. The lowest BCUT2D eigenvalue weighted by Crippen LogP contribution is -2.30. The van der Waals surface area contributed by atoms with Crippen molar-refractivity contribution in [3.63, 3.8) is 0 Å². The summed E-state index contributed by atoms with van der Waals surface area (Å²) in [5.41, 5.74) is 9.19. The fraction of sp³-hybridized carbons (Fsp3) is 0.440. The highest BCUT2D eigenvalue weighted by Crippen LogP contribution is 2.40. The van der Waals surface area contributed by atoms with Crippen LogP contribution in [0.1, 0.15) is 72.3 Å². The molecular formula is C25H32N6O. The molecule has 0 aliphatic heterocycles. The van der Waals surface area contributed by atoms with Gasteiger partial charge in [0.15, 0.2) is 5.69 Å². The van der Waals surface area contributed by atoms with Crippen LogP contribution < -0.4 is 5.43 Å². The number of hydrogen-bond donors (Lipinski definition) is 2. The van der Waals surface area contributed by atoms with E-state index in [1.165, 1.54) is 0 Å². The number of carbonyl (C=O) groups is 1. The molecule has 0 saturated heterocycles. The molecule has 1 aliphatic rings. The minimum absolute atomic E-state index is 0.245. The Morgan fingerprint density at radius 1 is 1.31 bits per heavy atom. The van der Waals surface area contributed by atoms with Crippen molar-refractivity contribution in [2.45, 2.75) is 60.3 Å². The van der Waals surface area contributed by atoms with E-state index in [1.54, 1.807) is 6.21 Å². The van der Waals surface area contributed by atoms with Crippen LogP contribution in [-0.2, 0) is 12.8 Å². The molecule has 7 nitrogen and oxygen atoms in total. The smallest absolute Gasteiger partial charge is 0.281 e. The Balaban J connectivity index is 1.49. The van der Waals surface area contributed by atoms with Gasteiger partial charge in [-0.25, -0.2) is 10.1 Å². The minimum Gasteiger partial charge on any atom is -0.281 e. The molecule has 1 amide bonds. The molecule has 2 aromatic heterocycles. The third-order valence-electron chi connectivity index (χ3n) is 7.09. The van der Waals surface area contributed by atoms with E-state index in [-0.39, 0.29) is 11.3 Å². The van der Waals surface area contributed by atoms with Gasteiger partial charge >= 0.3 is 0 Å². The molecule has 1 aliphatic carbocycles. The van der Waals surface area contributed by atoms with Crippen molar-refractivity contribution < 1.29 is 4.79 Å². The molecule has 0 spiro atoms. The van der Waals surface area contributed by atoms with E-state index in [0.717, 1.165) is 59.6 Å². The lowest BCUT2D eigenvalue weighted by Gasteiger charge is -2.36. The van der Waals surface area contributed by atoms with Gasteiger partial charge in [-0.15, -0.1) is 0 Å². The molecule has 168 valence electrons. The average Bonchev–Trinajstić information content (AvgIpc) is 3.35. The molecule has 2 N–H and O–H groups in total. The molecule has 32 heavy (non-hydrogen) atoms. The maximum absolute atomic E-state index is 12.9. The first-order chi connectivity index (χ1) is 15.3.